The first kappa shape index (κ1) is 11.8. The van der Waals surface area contributed by atoms with Gasteiger partial charge in [0.1, 0.15) is 18.1 Å². The van der Waals surface area contributed by atoms with Gasteiger partial charge in [0.2, 0.25) is 0 Å². The van der Waals surface area contributed by atoms with E-state index in [1.54, 1.807) is 7.11 Å². The van der Waals surface area contributed by atoms with Gasteiger partial charge in [-0.15, -0.1) is 0 Å². The number of methoxy groups -OCH3 is 1. The second-order valence-electron chi connectivity index (χ2n) is 3.26. The molecule has 0 aliphatic rings. The molecule has 1 aromatic carbocycles. The van der Waals surface area contributed by atoms with Crippen molar-refractivity contribution in [2.24, 2.45) is 5.73 Å². The van der Waals surface area contributed by atoms with E-state index in [2.05, 4.69) is 0 Å². The summed E-state index contributed by atoms with van der Waals surface area (Å²) in [6, 6.07) is 7.17. The average molecular weight is 211 g/mol. The standard InChI is InChI=1S/C11H17NO3/c1-14-10-2-4-11(5-3-10)15-8-9(12)6-7-13/h2-5,9,13H,6-8,12H2,1H3. The summed E-state index contributed by atoms with van der Waals surface area (Å²) in [6.07, 6.45) is 0.552. The molecule has 1 rings (SSSR count). The van der Waals surface area contributed by atoms with Crippen LogP contribution in [0.25, 0.3) is 0 Å². The predicted molar refractivity (Wildman–Crippen MR) is 58.2 cm³/mol. The third-order valence-corrected chi connectivity index (χ3v) is 2.02. The van der Waals surface area contributed by atoms with Crippen LogP contribution in [0.4, 0.5) is 0 Å². The molecule has 84 valence electrons. The van der Waals surface area contributed by atoms with Crippen molar-refractivity contribution in [2.45, 2.75) is 12.5 Å². The highest BCUT2D eigenvalue weighted by Gasteiger charge is 2.02. The molecule has 1 unspecified atom stereocenters. The van der Waals surface area contributed by atoms with Gasteiger partial charge in [0.15, 0.2) is 0 Å². The predicted octanol–water partition coefficient (Wildman–Crippen LogP) is 0.784. The molecule has 0 aromatic heterocycles. The lowest BCUT2D eigenvalue weighted by atomic mass is 10.2. The number of nitrogens with two attached hydrogens (primary N) is 1. The van der Waals surface area contributed by atoms with E-state index in [9.17, 15) is 0 Å². The zero-order valence-corrected chi connectivity index (χ0v) is 8.85. The monoisotopic (exact) mass is 211 g/mol. The van der Waals surface area contributed by atoms with Gasteiger partial charge < -0.3 is 20.3 Å². The summed E-state index contributed by atoms with van der Waals surface area (Å²) >= 11 is 0. The minimum Gasteiger partial charge on any atom is -0.497 e. The van der Waals surface area contributed by atoms with E-state index in [-0.39, 0.29) is 12.6 Å². The maximum atomic E-state index is 8.65. The average Bonchev–Trinajstić information content (AvgIpc) is 2.27. The van der Waals surface area contributed by atoms with Crippen LogP contribution in [0.2, 0.25) is 0 Å². The van der Waals surface area contributed by atoms with Crippen molar-refractivity contribution in [3.63, 3.8) is 0 Å². The van der Waals surface area contributed by atoms with Gasteiger partial charge in [0, 0.05) is 12.6 Å². The first-order valence-corrected chi connectivity index (χ1v) is 4.89. The van der Waals surface area contributed by atoms with Crippen LogP contribution in [0.15, 0.2) is 24.3 Å². The fourth-order valence-corrected chi connectivity index (χ4v) is 1.12. The highest BCUT2D eigenvalue weighted by molar-refractivity contribution is 5.31. The van der Waals surface area contributed by atoms with Gasteiger partial charge in [-0.3, -0.25) is 0 Å². The lowest BCUT2D eigenvalue weighted by molar-refractivity contribution is 0.233. The summed E-state index contributed by atoms with van der Waals surface area (Å²) in [6.45, 7) is 0.500. The molecule has 0 saturated carbocycles. The van der Waals surface area contributed by atoms with Crippen LogP contribution < -0.4 is 15.2 Å². The van der Waals surface area contributed by atoms with Crippen LogP contribution in [0.3, 0.4) is 0 Å². The smallest absolute Gasteiger partial charge is 0.119 e. The zero-order chi connectivity index (χ0) is 11.1. The number of ether oxygens (including phenoxy) is 2. The number of aliphatic hydroxyl groups is 1. The highest BCUT2D eigenvalue weighted by atomic mass is 16.5. The maximum Gasteiger partial charge on any atom is 0.119 e. The van der Waals surface area contributed by atoms with Gasteiger partial charge in [-0.2, -0.15) is 0 Å². The summed E-state index contributed by atoms with van der Waals surface area (Å²) in [7, 11) is 1.62. The number of benzene rings is 1. The molecule has 0 heterocycles. The van der Waals surface area contributed by atoms with E-state index in [4.69, 9.17) is 20.3 Å². The lowest BCUT2D eigenvalue weighted by Crippen LogP contribution is -2.28. The Bertz CT molecular complexity index is 274. The molecule has 0 aliphatic heterocycles. The van der Waals surface area contributed by atoms with E-state index in [0.717, 1.165) is 11.5 Å². The molecule has 0 fully saturated rings. The maximum absolute atomic E-state index is 8.65. The zero-order valence-electron chi connectivity index (χ0n) is 8.85. The molecule has 1 atom stereocenters. The van der Waals surface area contributed by atoms with Crippen LogP contribution in [0, 0.1) is 0 Å². The van der Waals surface area contributed by atoms with Crippen LogP contribution in [-0.2, 0) is 0 Å². The molecule has 0 saturated heterocycles. The molecule has 1 aromatic rings. The highest BCUT2D eigenvalue weighted by Crippen LogP contribution is 2.16. The second-order valence-corrected chi connectivity index (χ2v) is 3.26. The Morgan fingerprint density at radius 2 is 1.87 bits per heavy atom. The quantitative estimate of drug-likeness (QED) is 0.730. The topological polar surface area (TPSA) is 64.7 Å². The summed E-state index contributed by atoms with van der Waals surface area (Å²) in [4.78, 5) is 0. The number of hydrogen-bond acceptors (Lipinski definition) is 4. The first-order chi connectivity index (χ1) is 7.26. The van der Waals surface area contributed by atoms with Crippen molar-refractivity contribution in [2.75, 3.05) is 20.3 Å². The van der Waals surface area contributed by atoms with Crippen molar-refractivity contribution in [1.82, 2.24) is 0 Å². The number of hydrogen-bond donors (Lipinski definition) is 2. The van der Waals surface area contributed by atoms with Gasteiger partial charge in [-0.25, -0.2) is 0 Å². The normalized spacial score (nSPS) is 12.2. The summed E-state index contributed by atoms with van der Waals surface area (Å²) in [5, 5.41) is 8.65. The molecule has 0 bridgehead atoms. The summed E-state index contributed by atoms with van der Waals surface area (Å²) in [5.41, 5.74) is 5.68. The van der Waals surface area contributed by atoms with E-state index in [0.29, 0.717) is 13.0 Å². The second kappa shape index (κ2) is 6.27. The molecule has 0 spiro atoms. The number of aliphatic hydroxyl groups excluding tert-OH is 1. The summed E-state index contributed by atoms with van der Waals surface area (Å²) in [5.74, 6) is 1.55. The molecule has 0 amide bonds. The van der Waals surface area contributed by atoms with Crippen molar-refractivity contribution >= 4 is 0 Å². The van der Waals surface area contributed by atoms with Gasteiger partial charge in [0.05, 0.1) is 7.11 Å². The molecule has 4 nitrogen and oxygen atoms in total. The van der Waals surface area contributed by atoms with Gasteiger partial charge in [-0.1, -0.05) is 0 Å². The van der Waals surface area contributed by atoms with Gasteiger partial charge >= 0.3 is 0 Å². The first-order valence-electron chi connectivity index (χ1n) is 4.89. The molecular formula is C11H17NO3. The Hall–Kier alpha value is -1.26. The SMILES string of the molecule is COc1ccc(OCC(N)CCO)cc1. The third kappa shape index (κ3) is 4.18. The van der Waals surface area contributed by atoms with Crippen LogP contribution in [-0.4, -0.2) is 31.5 Å². The van der Waals surface area contributed by atoms with Crippen molar-refractivity contribution in [1.29, 1.82) is 0 Å². The van der Waals surface area contributed by atoms with Crippen LogP contribution in [0.5, 0.6) is 11.5 Å². The molecule has 3 N–H and O–H groups in total. The Labute approximate surface area is 89.6 Å². The van der Waals surface area contributed by atoms with Crippen molar-refractivity contribution in [3.05, 3.63) is 24.3 Å². The Balaban J connectivity index is 2.37. The Kier molecular flexibility index (Phi) is 4.93. The van der Waals surface area contributed by atoms with Crippen LogP contribution in [0.1, 0.15) is 6.42 Å². The van der Waals surface area contributed by atoms with Crippen molar-refractivity contribution < 1.29 is 14.6 Å². The molecule has 0 radical (unpaired) electrons. The minimum absolute atomic E-state index is 0.0904. The fourth-order valence-electron chi connectivity index (χ4n) is 1.12. The molecular weight excluding hydrogens is 194 g/mol. The van der Waals surface area contributed by atoms with Gasteiger partial charge in [-0.05, 0) is 30.7 Å². The molecule has 15 heavy (non-hydrogen) atoms. The van der Waals surface area contributed by atoms with Crippen molar-refractivity contribution in [3.8, 4) is 11.5 Å². The fraction of sp³-hybridized carbons (Fsp3) is 0.455. The largest absolute Gasteiger partial charge is 0.497 e. The van der Waals surface area contributed by atoms with E-state index in [1.165, 1.54) is 0 Å². The van der Waals surface area contributed by atoms with E-state index >= 15 is 0 Å². The third-order valence-electron chi connectivity index (χ3n) is 2.02. The molecule has 4 heteroatoms. The lowest BCUT2D eigenvalue weighted by Gasteiger charge is -2.11. The van der Waals surface area contributed by atoms with Crippen LogP contribution >= 0.6 is 0 Å². The van der Waals surface area contributed by atoms with Gasteiger partial charge in [0.25, 0.3) is 0 Å². The summed E-state index contributed by atoms with van der Waals surface area (Å²) < 4.78 is 10.4. The Morgan fingerprint density at radius 1 is 1.27 bits per heavy atom. The molecule has 0 aliphatic carbocycles. The minimum atomic E-state index is -0.128. The Morgan fingerprint density at radius 3 is 2.40 bits per heavy atom. The number of rotatable bonds is 6. The van der Waals surface area contributed by atoms with E-state index < -0.39 is 0 Å². The van der Waals surface area contributed by atoms with E-state index in [1.807, 2.05) is 24.3 Å².